The predicted molar refractivity (Wildman–Crippen MR) is 69.8 cm³/mol. The van der Waals surface area contributed by atoms with Crippen LogP contribution in [0.1, 0.15) is 11.3 Å². The molecule has 0 saturated carbocycles. The normalized spacial score (nSPS) is 9.72. The molecule has 0 saturated heterocycles. The first-order chi connectivity index (χ1) is 8.78. The number of nitrogens with two attached hydrogens (primary N) is 1. The van der Waals surface area contributed by atoms with Crippen molar-refractivity contribution in [1.29, 1.82) is 5.26 Å². The molecule has 1 aromatic heterocycles. The van der Waals surface area contributed by atoms with E-state index in [0.717, 1.165) is 12.1 Å². The van der Waals surface area contributed by atoms with Crippen molar-refractivity contribution in [3.63, 3.8) is 0 Å². The lowest BCUT2D eigenvalue weighted by Crippen LogP contribution is -2.08. The van der Waals surface area contributed by atoms with Gasteiger partial charge in [-0.25, -0.2) is 9.97 Å². The van der Waals surface area contributed by atoms with E-state index in [1.165, 1.54) is 5.56 Å². The van der Waals surface area contributed by atoms with Gasteiger partial charge in [-0.05, 0) is 30.2 Å². The lowest BCUT2D eigenvalue weighted by Gasteiger charge is -2.05. The Balaban J connectivity index is 1.88. The fraction of sp³-hybridized carbons (Fsp3) is 0.154. The van der Waals surface area contributed by atoms with Gasteiger partial charge in [0.05, 0.1) is 0 Å². The Kier molecular flexibility index (Phi) is 3.72. The van der Waals surface area contributed by atoms with Crippen LogP contribution >= 0.6 is 0 Å². The number of hydrogen-bond donors (Lipinski definition) is 2. The highest BCUT2D eigenvalue weighted by atomic mass is 15.1. The molecule has 0 aliphatic carbocycles. The molecule has 0 radical (unpaired) electrons. The van der Waals surface area contributed by atoms with E-state index in [-0.39, 0.29) is 0 Å². The number of nitrogen functional groups attached to an aromatic ring is 1. The quantitative estimate of drug-likeness (QED) is 0.791. The second-order valence-electron chi connectivity index (χ2n) is 3.80. The highest BCUT2D eigenvalue weighted by Crippen LogP contribution is 2.06. The Labute approximate surface area is 105 Å². The lowest BCUT2D eigenvalue weighted by atomic mass is 10.1. The van der Waals surface area contributed by atoms with Crippen molar-refractivity contribution in [2.75, 3.05) is 17.6 Å². The zero-order valence-corrected chi connectivity index (χ0v) is 9.80. The molecule has 90 valence electrons. The minimum Gasteiger partial charge on any atom is -0.399 e. The molecule has 0 unspecified atom stereocenters. The van der Waals surface area contributed by atoms with Crippen molar-refractivity contribution in [3.8, 4) is 6.07 Å². The Hall–Kier alpha value is -2.61. The van der Waals surface area contributed by atoms with Crippen LogP contribution in [0.4, 0.5) is 11.6 Å². The number of nitrogens with one attached hydrogen (secondary N) is 1. The van der Waals surface area contributed by atoms with E-state index in [2.05, 4.69) is 15.3 Å². The largest absolute Gasteiger partial charge is 0.399 e. The Morgan fingerprint density at radius 1 is 1.22 bits per heavy atom. The van der Waals surface area contributed by atoms with Crippen LogP contribution in [0.25, 0.3) is 0 Å². The van der Waals surface area contributed by atoms with Crippen molar-refractivity contribution < 1.29 is 0 Å². The molecule has 5 nitrogen and oxygen atoms in total. The third-order valence-corrected chi connectivity index (χ3v) is 2.45. The maximum absolute atomic E-state index is 8.71. The monoisotopic (exact) mass is 239 g/mol. The molecule has 0 spiro atoms. The first kappa shape index (κ1) is 11.9. The van der Waals surface area contributed by atoms with E-state index in [9.17, 15) is 0 Å². The molecule has 0 amide bonds. The van der Waals surface area contributed by atoms with E-state index in [1.54, 1.807) is 12.3 Å². The van der Waals surface area contributed by atoms with Crippen molar-refractivity contribution >= 4 is 11.6 Å². The van der Waals surface area contributed by atoms with Crippen LogP contribution in [0.3, 0.4) is 0 Å². The van der Waals surface area contributed by atoms with Crippen LogP contribution in [0.15, 0.2) is 36.5 Å². The van der Waals surface area contributed by atoms with E-state index in [4.69, 9.17) is 11.0 Å². The summed E-state index contributed by atoms with van der Waals surface area (Å²) in [6, 6.07) is 11.3. The number of hydrogen-bond acceptors (Lipinski definition) is 5. The maximum atomic E-state index is 8.71. The first-order valence-electron chi connectivity index (χ1n) is 5.59. The topological polar surface area (TPSA) is 87.6 Å². The SMILES string of the molecule is N#Cc1ccnc(NCCc2ccc(N)cc2)n1. The van der Waals surface area contributed by atoms with E-state index in [0.29, 0.717) is 18.2 Å². The summed E-state index contributed by atoms with van der Waals surface area (Å²) < 4.78 is 0. The van der Waals surface area contributed by atoms with Gasteiger partial charge in [0.25, 0.3) is 0 Å². The van der Waals surface area contributed by atoms with Crippen molar-refractivity contribution in [1.82, 2.24) is 9.97 Å². The van der Waals surface area contributed by atoms with Crippen molar-refractivity contribution in [2.45, 2.75) is 6.42 Å². The van der Waals surface area contributed by atoms with Crippen LogP contribution in [0.5, 0.6) is 0 Å². The molecule has 0 bridgehead atoms. The van der Waals surface area contributed by atoms with Gasteiger partial charge in [-0.1, -0.05) is 12.1 Å². The molecule has 1 aromatic carbocycles. The summed E-state index contributed by atoms with van der Waals surface area (Å²) in [5.74, 6) is 0.476. The minimum atomic E-state index is 0.361. The van der Waals surface area contributed by atoms with E-state index in [1.807, 2.05) is 30.3 Å². The van der Waals surface area contributed by atoms with Gasteiger partial charge < -0.3 is 11.1 Å². The molecule has 0 atom stereocenters. The molecular weight excluding hydrogens is 226 g/mol. The average Bonchev–Trinajstić information content (AvgIpc) is 2.41. The molecule has 0 fully saturated rings. The second-order valence-corrected chi connectivity index (χ2v) is 3.80. The van der Waals surface area contributed by atoms with Crippen LogP contribution in [-0.4, -0.2) is 16.5 Å². The number of rotatable bonds is 4. The van der Waals surface area contributed by atoms with Gasteiger partial charge in [-0.15, -0.1) is 0 Å². The average molecular weight is 239 g/mol. The Morgan fingerprint density at radius 2 is 2.00 bits per heavy atom. The van der Waals surface area contributed by atoms with Gasteiger partial charge in [0.2, 0.25) is 5.95 Å². The highest BCUT2D eigenvalue weighted by Gasteiger charge is 1.98. The van der Waals surface area contributed by atoms with E-state index >= 15 is 0 Å². The van der Waals surface area contributed by atoms with Crippen LogP contribution in [0, 0.1) is 11.3 Å². The first-order valence-corrected chi connectivity index (χ1v) is 5.59. The molecule has 0 aliphatic heterocycles. The number of benzene rings is 1. The summed E-state index contributed by atoms with van der Waals surface area (Å²) in [6.45, 7) is 0.707. The summed E-state index contributed by atoms with van der Waals surface area (Å²) >= 11 is 0. The van der Waals surface area contributed by atoms with Gasteiger partial charge in [-0.3, -0.25) is 0 Å². The van der Waals surface area contributed by atoms with Gasteiger partial charge in [0.15, 0.2) is 0 Å². The number of nitriles is 1. The third-order valence-electron chi connectivity index (χ3n) is 2.45. The summed E-state index contributed by atoms with van der Waals surface area (Å²) in [5, 5.41) is 11.8. The highest BCUT2D eigenvalue weighted by molar-refractivity contribution is 5.39. The predicted octanol–water partition coefficient (Wildman–Crippen LogP) is 1.59. The molecule has 1 heterocycles. The third kappa shape index (κ3) is 3.19. The second kappa shape index (κ2) is 5.64. The molecule has 3 N–H and O–H groups in total. The van der Waals surface area contributed by atoms with Gasteiger partial charge >= 0.3 is 0 Å². The van der Waals surface area contributed by atoms with Crippen LogP contribution in [0.2, 0.25) is 0 Å². The maximum Gasteiger partial charge on any atom is 0.223 e. The molecule has 2 aromatic rings. The smallest absolute Gasteiger partial charge is 0.223 e. The van der Waals surface area contributed by atoms with Gasteiger partial charge in [0.1, 0.15) is 11.8 Å². The molecular formula is C13H13N5. The standard InChI is InChI=1S/C13H13N5/c14-9-12-6-8-17-13(18-12)16-7-5-10-1-3-11(15)4-2-10/h1-4,6,8H,5,7,15H2,(H,16,17,18). The lowest BCUT2D eigenvalue weighted by molar-refractivity contribution is 0.980. The zero-order chi connectivity index (χ0) is 12.8. The van der Waals surface area contributed by atoms with E-state index < -0.39 is 0 Å². The molecule has 18 heavy (non-hydrogen) atoms. The summed E-state index contributed by atoms with van der Waals surface area (Å²) in [7, 11) is 0. The van der Waals surface area contributed by atoms with Crippen LogP contribution in [-0.2, 0) is 6.42 Å². The van der Waals surface area contributed by atoms with Gasteiger partial charge in [0, 0.05) is 18.4 Å². The number of aromatic nitrogens is 2. The summed E-state index contributed by atoms with van der Waals surface area (Å²) in [6.07, 6.45) is 2.41. The molecule has 2 rings (SSSR count). The fourth-order valence-electron chi connectivity index (χ4n) is 1.51. The summed E-state index contributed by atoms with van der Waals surface area (Å²) in [4.78, 5) is 8.07. The number of nitrogens with zero attached hydrogens (tertiary/aromatic N) is 3. The molecule has 0 aliphatic rings. The molecule has 5 heteroatoms. The Bertz CT molecular complexity index is 556. The number of anilines is 2. The van der Waals surface area contributed by atoms with Crippen molar-refractivity contribution in [2.24, 2.45) is 0 Å². The van der Waals surface area contributed by atoms with Gasteiger partial charge in [-0.2, -0.15) is 5.26 Å². The zero-order valence-electron chi connectivity index (χ0n) is 9.80. The van der Waals surface area contributed by atoms with Crippen LogP contribution < -0.4 is 11.1 Å². The van der Waals surface area contributed by atoms with Crippen molar-refractivity contribution in [3.05, 3.63) is 47.8 Å². The Morgan fingerprint density at radius 3 is 2.72 bits per heavy atom. The summed E-state index contributed by atoms with van der Waals surface area (Å²) in [5.41, 5.74) is 7.92. The minimum absolute atomic E-state index is 0.361. The fourth-order valence-corrected chi connectivity index (χ4v) is 1.51.